The first-order valence-corrected chi connectivity index (χ1v) is 5.44. The van der Waals surface area contributed by atoms with Crippen LogP contribution in [0.4, 0.5) is 0 Å². The van der Waals surface area contributed by atoms with Crippen molar-refractivity contribution < 1.29 is 0 Å². The van der Waals surface area contributed by atoms with Crippen LogP contribution in [-0.4, -0.2) is 26.5 Å². The Balaban J connectivity index is 1.74. The lowest BCUT2D eigenvalue weighted by Gasteiger charge is -2.01. The Morgan fingerprint density at radius 3 is 3.00 bits per heavy atom. The molecule has 0 atom stereocenters. The van der Waals surface area contributed by atoms with Crippen LogP contribution < -0.4 is 5.32 Å². The van der Waals surface area contributed by atoms with Gasteiger partial charge in [0, 0.05) is 31.7 Å². The standard InChI is InChI=1S/C11H17N5/c1-9-10(8-16(2)15-9)3-5-12-7-11-4-6-13-14-11/h4,6,8,12H,3,5,7H2,1-2H3,(H,13,14). The zero-order valence-corrected chi connectivity index (χ0v) is 9.70. The lowest BCUT2D eigenvalue weighted by atomic mass is 10.2. The number of aromatic nitrogens is 4. The summed E-state index contributed by atoms with van der Waals surface area (Å²) < 4.78 is 1.86. The summed E-state index contributed by atoms with van der Waals surface area (Å²) in [4.78, 5) is 0. The van der Waals surface area contributed by atoms with E-state index in [2.05, 4.69) is 26.8 Å². The first kappa shape index (κ1) is 10.9. The Morgan fingerprint density at radius 1 is 1.50 bits per heavy atom. The van der Waals surface area contributed by atoms with Crippen molar-refractivity contribution in [3.05, 3.63) is 35.4 Å². The van der Waals surface area contributed by atoms with Crippen molar-refractivity contribution in [2.24, 2.45) is 7.05 Å². The topological polar surface area (TPSA) is 58.5 Å². The van der Waals surface area contributed by atoms with Gasteiger partial charge in [0.05, 0.1) is 5.69 Å². The molecule has 2 aromatic heterocycles. The van der Waals surface area contributed by atoms with Gasteiger partial charge < -0.3 is 5.32 Å². The number of nitrogens with one attached hydrogen (secondary N) is 2. The first-order chi connectivity index (χ1) is 7.75. The molecule has 0 spiro atoms. The van der Waals surface area contributed by atoms with Crippen molar-refractivity contribution >= 4 is 0 Å². The van der Waals surface area contributed by atoms with E-state index in [0.29, 0.717) is 0 Å². The zero-order chi connectivity index (χ0) is 11.4. The van der Waals surface area contributed by atoms with Crippen LogP contribution in [0.15, 0.2) is 18.5 Å². The molecule has 0 saturated carbocycles. The van der Waals surface area contributed by atoms with Crippen molar-refractivity contribution in [3.63, 3.8) is 0 Å². The Labute approximate surface area is 94.9 Å². The summed E-state index contributed by atoms with van der Waals surface area (Å²) in [5.74, 6) is 0. The molecule has 0 unspecified atom stereocenters. The lowest BCUT2D eigenvalue weighted by molar-refractivity contribution is 0.671. The maximum absolute atomic E-state index is 4.31. The van der Waals surface area contributed by atoms with E-state index < -0.39 is 0 Å². The minimum absolute atomic E-state index is 0.833. The van der Waals surface area contributed by atoms with Gasteiger partial charge in [-0.15, -0.1) is 0 Å². The molecule has 0 radical (unpaired) electrons. The van der Waals surface area contributed by atoms with Gasteiger partial charge in [0.15, 0.2) is 0 Å². The highest BCUT2D eigenvalue weighted by Gasteiger charge is 2.02. The third-order valence-electron chi connectivity index (χ3n) is 2.56. The predicted molar refractivity (Wildman–Crippen MR) is 61.9 cm³/mol. The van der Waals surface area contributed by atoms with Crippen molar-refractivity contribution in [1.82, 2.24) is 25.3 Å². The molecular formula is C11H17N5. The van der Waals surface area contributed by atoms with Crippen LogP contribution in [0.3, 0.4) is 0 Å². The molecule has 0 aliphatic heterocycles. The molecule has 0 aliphatic carbocycles. The second kappa shape index (κ2) is 4.94. The Kier molecular flexibility index (Phi) is 3.36. The summed E-state index contributed by atoms with van der Waals surface area (Å²) in [6.45, 7) is 3.83. The van der Waals surface area contributed by atoms with Crippen molar-refractivity contribution in [2.45, 2.75) is 19.9 Å². The van der Waals surface area contributed by atoms with Gasteiger partial charge >= 0.3 is 0 Å². The van der Waals surface area contributed by atoms with Gasteiger partial charge in [0.25, 0.3) is 0 Å². The van der Waals surface area contributed by atoms with Gasteiger partial charge in [-0.05, 0) is 31.5 Å². The molecule has 5 nitrogen and oxygen atoms in total. The third kappa shape index (κ3) is 2.70. The van der Waals surface area contributed by atoms with Gasteiger partial charge in [-0.3, -0.25) is 9.78 Å². The summed E-state index contributed by atoms with van der Waals surface area (Å²) in [6, 6.07) is 1.97. The van der Waals surface area contributed by atoms with E-state index in [-0.39, 0.29) is 0 Å². The molecule has 2 N–H and O–H groups in total. The lowest BCUT2D eigenvalue weighted by Crippen LogP contribution is -2.17. The van der Waals surface area contributed by atoms with Crippen LogP contribution in [0.25, 0.3) is 0 Å². The van der Waals surface area contributed by atoms with Crippen molar-refractivity contribution in [2.75, 3.05) is 6.54 Å². The second-order valence-corrected chi connectivity index (χ2v) is 3.92. The molecule has 0 saturated heterocycles. The average molecular weight is 219 g/mol. The van der Waals surface area contributed by atoms with Crippen LogP contribution in [0, 0.1) is 6.92 Å². The quantitative estimate of drug-likeness (QED) is 0.731. The maximum atomic E-state index is 4.31. The van der Waals surface area contributed by atoms with Crippen LogP contribution in [0.5, 0.6) is 0 Å². The fourth-order valence-electron chi connectivity index (χ4n) is 1.72. The predicted octanol–water partition coefficient (Wildman–Crippen LogP) is 0.784. The van der Waals surface area contributed by atoms with E-state index in [1.807, 2.05) is 24.7 Å². The van der Waals surface area contributed by atoms with Crippen molar-refractivity contribution in [1.29, 1.82) is 0 Å². The van der Waals surface area contributed by atoms with Gasteiger partial charge in [0.1, 0.15) is 0 Å². The Bertz CT molecular complexity index is 429. The van der Waals surface area contributed by atoms with E-state index in [1.165, 1.54) is 5.56 Å². The highest BCUT2D eigenvalue weighted by molar-refractivity contribution is 5.15. The molecular weight excluding hydrogens is 202 g/mol. The molecule has 2 rings (SSSR count). The van der Waals surface area contributed by atoms with Crippen molar-refractivity contribution in [3.8, 4) is 0 Å². The molecule has 2 aromatic rings. The number of hydrogen-bond acceptors (Lipinski definition) is 3. The minimum atomic E-state index is 0.833. The summed E-state index contributed by atoms with van der Waals surface area (Å²) in [5.41, 5.74) is 3.54. The molecule has 0 fully saturated rings. The fraction of sp³-hybridized carbons (Fsp3) is 0.455. The number of rotatable bonds is 5. The number of hydrogen-bond donors (Lipinski definition) is 2. The summed E-state index contributed by atoms with van der Waals surface area (Å²) >= 11 is 0. The molecule has 0 amide bonds. The van der Waals surface area contributed by atoms with Gasteiger partial charge in [-0.25, -0.2) is 0 Å². The van der Waals surface area contributed by atoms with Crippen LogP contribution in [-0.2, 0) is 20.0 Å². The summed E-state index contributed by atoms with van der Waals surface area (Å²) in [5, 5.41) is 14.5. The first-order valence-electron chi connectivity index (χ1n) is 5.44. The van der Waals surface area contributed by atoms with E-state index in [4.69, 9.17) is 0 Å². The Morgan fingerprint density at radius 2 is 2.38 bits per heavy atom. The van der Waals surface area contributed by atoms with E-state index in [0.717, 1.165) is 30.9 Å². The average Bonchev–Trinajstić information content (AvgIpc) is 2.84. The molecule has 16 heavy (non-hydrogen) atoms. The largest absolute Gasteiger partial charge is 0.311 e. The van der Waals surface area contributed by atoms with Crippen LogP contribution in [0.1, 0.15) is 17.0 Å². The third-order valence-corrected chi connectivity index (χ3v) is 2.56. The smallest absolute Gasteiger partial charge is 0.0626 e. The number of nitrogens with zero attached hydrogens (tertiary/aromatic N) is 3. The van der Waals surface area contributed by atoms with Gasteiger partial charge in [0.2, 0.25) is 0 Å². The minimum Gasteiger partial charge on any atom is -0.311 e. The molecule has 0 aromatic carbocycles. The monoisotopic (exact) mass is 219 g/mol. The van der Waals surface area contributed by atoms with E-state index in [1.54, 1.807) is 6.20 Å². The molecule has 0 bridgehead atoms. The normalized spacial score (nSPS) is 10.9. The van der Waals surface area contributed by atoms with Crippen LogP contribution in [0.2, 0.25) is 0 Å². The van der Waals surface area contributed by atoms with E-state index >= 15 is 0 Å². The number of aryl methyl sites for hydroxylation is 2. The second-order valence-electron chi connectivity index (χ2n) is 3.92. The van der Waals surface area contributed by atoms with E-state index in [9.17, 15) is 0 Å². The molecule has 0 aliphatic rings. The summed E-state index contributed by atoms with van der Waals surface area (Å²) in [6.07, 6.45) is 4.85. The molecule has 86 valence electrons. The fourth-order valence-corrected chi connectivity index (χ4v) is 1.72. The number of H-pyrrole nitrogens is 1. The highest BCUT2D eigenvalue weighted by Crippen LogP contribution is 2.04. The SMILES string of the molecule is Cc1nn(C)cc1CCNCc1ccn[nH]1. The number of aromatic amines is 1. The van der Waals surface area contributed by atoms with Gasteiger partial charge in [-0.1, -0.05) is 0 Å². The molecule has 5 heteroatoms. The summed E-state index contributed by atoms with van der Waals surface area (Å²) in [7, 11) is 1.95. The Hall–Kier alpha value is -1.62. The molecule has 2 heterocycles. The van der Waals surface area contributed by atoms with Gasteiger partial charge in [-0.2, -0.15) is 10.2 Å². The van der Waals surface area contributed by atoms with Crippen LogP contribution >= 0.6 is 0 Å². The maximum Gasteiger partial charge on any atom is 0.0626 e. The zero-order valence-electron chi connectivity index (χ0n) is 9.70. The highest BCUT2D eigenvalue weighted by atomic mass is 15.2.